The Bertz CT molecular complexity index is 419. The molecule has 1 aliphatic rings. The summed E-state index contributed by atoms with van der Waals surface area (Å²) in [6.45, 7) is 0.520. The van der Waals surface area contributed by atoms with E-state index in [1.54, 1.807) is 12.1 Å². The summed E-state index contributed by atoms with van der Waals surface area (Å²) in [5.74, 6) is 0.496. The Hall–Kier alpha value is -1.62. The van der Waals surface area contributed by atoms with E-state index in [0.717, 1.165) is 25.7 Å². The van der Waals surface area contributed by atoms with Gasteiger partial charge in [0.1, 0.15) is 0 Å². The number of aromatic nitrogens is 1. The van der Waals surface area contributed by atoms with Crippen molar-refractivity contribution < 1.29 is 14.6 Å². The zero-order chi connectivity index (χ0) is 13.7. The third kappa shape index (κ3) is 3.67. The van der Waals surface area contributed by atoms with Crippen molar-refractivity contribution in [2.24, 2.45) is 5.92 Å². The van der Waals surface area contributed by atoms with E-state index in [2.05, 4.69) is 10.3 Å². The molecule has 2 N–H and O–H groups in total. The van der Waals surface area contributed by atoms with Gasteiger partial charge < -0.3 is 15.2 Å². The number of aliphatic hydroxyl groups excluding tert-OH is 1. The first kappa shape index (κ1) is 13.8. The van der Waals surface area contributed by atoms with Gasteiger partial charge in [-0.1, -0.05) is 12.8 Å². The van der Waals surface area contributed by atoms with E-state index in [-0.39, 0.29) is 17.9 Å². The standard InChI is InChI=1S/C14H20N2O3/c1-19-13-7-6-11(9-15-13)14(18)16-8-10-4-2-3-5-12(10)17/h6-7,9-10,12,17H,2-5,8H2,1H3,(H,16,18). The van der Waals surface area contributed by atoms with E-state index < -0.39 is 0 Å². The van der Waals surface area contributed by atoms with Crippen molar-refractivity contribution in [3.63, 3.8) is 0 Å². The molecule has 1 aromatic heterocycles. The highest BCUT2D eigenvalue weighted by Crippen LogP contribution is 2.23. The zero-order valence-corrected chi connectivity index (χ0v) is 11.1. The molecule has 0 spiro atoms. The second-order valence-electron chi connectivity index (χ2n) is 4.91. The number of carbonyl (C=O) groups is 1. The number of methoxy groups -OCH3 is 1. The number of aliphatic hydroxyl groups is 1. The van der Waals surface area contributed by atoms with Gasteiger partial charge in [0, 0.05) is 24.7 Å². The molecule has 104 valence electrons. The fourth-order valence-electron chi connectivity index (χ4n) is 2.39. The number of nitrogens with zero attached hydrogens (tertiary/aromatic N) is 1. The average molecular weight is 264 g/mol. The maximum absolute atomic E-state index is 11.9. The normalized spacial score (nSPS) is 22.8. The van der Waals surface area contributed by atoms with Gasteiger partial charge in [-0.15, -0.1) is 0 Å². The zero-order valence-electron chi connectivity index (χ0n) is 11.1. The number of hydrogen-bond acceptors (Lipinski definition) is 4. The fraction of sp³-hybridized carbons (Fsp3) is 0.571. The molecule has 2 rings (SSSR count). The Labute approximate surface area is 113 Å². The van der Waals surface area contributed by atoms with Crippen LogP contribution in [0.3, 0.4) is 0 Å². The highest BCUT2D eigenvalue weighted by Gasteiger charge is 2.23. The van der Waals surface area contributed by atoms with Crippen molar-refractivity contribution in [1.29, 1.82) is 0 Å². The molecule has 1 saturated carbocycles. The molecule has 5 heteroatoms. The van der Waals surface area contributed by atoms with E-state index in [1.165, 1.54) is 13.3 Å². The maximum atomic E-state index is 11.9. The van der Waals surface area contributed by atoms with Crippen LogP contribution in [0.2, 0.25) is 0 Å². The van der Waals surface area contributed by atoms with Crippen molar-refractivity contribution in [3.05, 3.63) is 23.9 Å². The predicted molar refractivity (Wildman–Crippen MR) is 71.1 cm³/mol. The first-order valence-electron chi connectivity index (χ1n) is 6.67. The van der Waals surface area contributed by atoms with Gasteiger partial charge in [-0.3, -0.25) is 4.79 Å². The van der Waals surface area contributed by atoms with Gasteiger partial charge in [-0.05, 0) is 18.9 Å². The molecular weight excluding hydrogens is 244 g/mol. The van der Waals surface area contributed by atoms with Crippen LogP contribution in [0.1, 0.15) is 36.0 Å². The minimum absolute atomic E-state index is 0.159. The highest BCUT2D eigenvalue weighted by atomic mass is 16.5. The van der Waals surface area contributed by atoms with Crippen molar-refractivity contribution in [2.45, 2.75) is 31.8 Å². The summed E-state index contributed by atoms with van der Waals surface area (Å²) in [6.07, 6.45) is 5.22. The van der Waals surface area contributed by atoms with Crippen molar-refractivity contribution >= 4 is 5.91 Å². The van der Waals surface area contributed by atoms with E-state index in [0.29, 0.717) is 18.0 Å². The quantitative estimate of drug-likeness (QED) is 0.861. The molecule has 1 fully saturated rings. The Morgan fingerprint density at radius 3 is 2.89 bits per heavy atom. The Morgan fingerprint density at radius 2 is 2.26 bits per heavy atom. The molecule has 0 radical (unpaired) electrons. The molecule has 1 amide bonds. The molecule has 2 unspecified atom stereocenters. The highest BCUT2D eigenvalue weighted by molar-refractivity contribution is 5.93. The summed E-state index contributed by atoms with van der Waals surface area (Å²) in [4.78, 5) is 15.9. The number of ether oxygens (including phenoxy) is 1. The van der Waals surface area contributed by atoms with Crippen molar-refractivity contribution in [2.75, 3.05) is 13.7 Å². The summed E-state index contributed by atoms with van der Waals surface area (Å²) in [5.41, 5.74) is 0.506. The number of hydrogen-bond donors (Lipinski definition) is 2. The van der Waals surface area contributed by atoms with Crippen molar-refractivity contribution in [3.8, 4) is 5.88 Å². The number of carbonyl (C=O) groups excluding carboxylic acids is 1. The molecule has 1 heterocycles. The third-order valence-electron chi connectivity index (χ3n) is 3.60. The monoisotopic (exact) mass is 264 g/mol. The molecule has 2 atom stereocenters. The molecule has 0 aliphatic heterocycles. The molecule has 0 bridgehead atoms. The summed E-state index contributed by atoms with van der Waals surface area (Å²) in [5, 5.41) is 12.7. The summed E-state index contributed by atoms with van der Waals surface area (Å²) >= 11 is 0. The number of nitrogens with one attached hydrogen (secondary N) is 1. The lowest BCUT2D eigenvalue weighted by Crippen LogP contribution is -2.36. The van der Waals surface area contributed by atoms with Gasteiger partial charge >= 0.3 is 0 Å². The SMILES string of the molecule is COc1ccc(C(=O)NCC2CCCCC2O)cn1. The van der Waals surface area contributed by atoms with Gasteiger partial charge in [0.15, 0.2) is 0 Å². The fourth-order valence-corrected chi connectivity index (χ4v) is 2.39. The van der Waals surface area contributed by atoms with Gasteiger partial charge in [0.2, 0.25) is 5.88 Å². The van der Waals surface area contributed by atoms with Crippen LogP contribution in [0.4, 0.5) is 0 Å². The second-order valence-corrected chi connectivity index (χ2v) is 4.91. The van der Waals surface area contributed by atoms with Gasteiger partial charge in [0.05, 0.1) is 18.8 Å². The van der Waals surface area contributed by atoms with Crippen LogP contribution in [0.5, 0.6) is 5.88 Å². The van der Waals surface area contributed by atoms with Gasteiger partial charge in [-0.25, -0.2) is 4.98 Å². The van der Waals surface area contributed by atoms with E-state index in [1.807, 2.05) is 0 Å². The smallest absolute Gasteiger partial charge is 0.252 e. The van der Waals surface area contributed by atoms with Crippen LogP contribution in [0.25, 0.3) is 0 Å². The molecule has 5 nitrogen and oxygen atoms in total. The summed E-state index contributed by atoms with van der Waals surface area (Å²) in [7, 11) is 1.53. The van der Waals surface area contributed by atoms with Crippen LogP contribution < -0.4 is 10.1 Å². The molecule has 1 aliphatic carbocycles. The molecular formula is C14H20N2O3. The first-order chi connectivity index (χ1) is 9.20. The average Bonchev–Trinajstić information content (AvgIpc) is 2.46. The first-order valence-corrected chi connectivity index (χ1v) is 6.67. The minimum Gasteiger partial charge on any atom is -0.481 e. The Balaban J connectivity index is 1.86. The summed E-state index contributed by atoms with van der Waals surface area (Å²) < 4.78 is 4.94. The van der Waals surface area contributed by atoms with E-state index in [9.17, 15) is 9.90 Å². The Kier molecular flexibility index (Phi) is 4.74. The largest absolute Gasteiger partial charge is 0.481 e. The van der Waals surface area contributed by atoms with Crippen LogP contribution in [-0.2, 0) is 0 Å². The van der Waals surface area contributed by atoms with Crippen molar-refractivity contribution in [1.82, 2.24) is 10.3 Å². The third-order valence-corrected chi connectivity index (χ3v) is 3.60. The molecule has 0 aromatic carbocycles. The second kappa shape index (κ2) is 6.52. The van der Waals surface area contributed by atoms with Gasteiger partial charge in [0.25, 0.3) is 5.91 Å². The minimum atomic E-state index is -0.289. The number of amides is 1. The van der Waals surface area contributed by atoms with Crippen LogP contribution >= 0.6 is 0 Å². The molecule has 1 aromatic rings. The molecule has 0 saturated heterocycles. The summed E-state index contributed by atoms with van der Waals surface area (Å²) in [6, 6.07) is 3.34. The van der Waals surface area contributed by atoms with E-state index >= 15 is 0 Å². The Morgan fingerprint density at radius 1 is 1.47 bits per heavy atom. The lowest BCUT2D eigenvalue weighted by Gasteiger charge is -2.27. The predicted octanol–water partition coefficient (Wildman–Crippen LogP) is 1.37. The lowest BCUT2D eigenvalue weighted by atomic mass is 9.86. The van der Waals surface area contributed by atoms with Gasteiger partial charge in [-0.2, -0.15) is 0 Å². The number of rotatable bonds is 4. The van der Waals surface area contributed by atoms with E-state index in [4.69, 9.17) is 4.74 Å². The topological polar surface area (TPSA) is 71.5 Å². The lowest BCUT2D eigenvalue weighted by molar-refractivity contribution is 0.0663. The van der Waals surface area contributed by atoms with Crippen LogP contribution in [0.15, 0.2) is 18.3 Å². The number of pyridine rings is 1. The van der Waals surface area contributed by atoms with Crippen LogP contribution in [-0.4, -0.2) is 35.8 Å². The maximum Gasteiger partial charge on any atom is 0.252 e. The van der Waals surface area contributed by atoms with Crippen LogP contribution in [0, 0.1) is 5.92 Å². The molecule has 19 heavy (non-hydrogen) atoms.